The van der Waals surface area contributed by atoms with Crippen LogP contribution in [0.1, 0.15) is 51.9 Å². The Morgan fingerprint density at radius 2 is 1.64 bits per heavy atom. The number of hydrogen-bond donors (Lipinski definition) is 0. The molecule has 1 aliphatic rings. The first-order valence-electron chi connectivity index (χ1n) is 5.60. The van der Waals surface area contributed by atoms with Gasteiger partial charge in [-0.2, -0.15) is 13.2 Å². The first kappa shape index (κ1) is 11.9. The molecule has 0 aromatic heterocycles. The highest BCUT2D eigenvalue weighted by Gasteiger charge is 2.41. The minimum atomic E-state index is -3.95. The summed E-state index contributed by atoms with van der Waals surface area (Å²) < 4.78 is 37.0. The van der Waals surface area contributed by atoms with Gasteiger partial charge in [0, 0.05) is 0 Å². The average Bonchev–Trinajstić information content (AvgIpc) is 2.14. The van der Waals surface area contributed by atoms with Crippen molar-refractivity contribution in [1.82, 2.24) is 0 Å². The van der Waals surface area contributed by atoms with Crippen molar-refractivity contribution in [1.29, 1.82) is 0 Å². The van der Waals surface area contributed by atoms with Crippen molar-refractivity contribution in [2.24, 2.45) is 11.8 Å². The third kappa shape index (κ3) is 3.50. The third-order valence-electron chi connectivity index (χ3n) is 3.28. The second-order valence-corrected chi connectivity index (χ2v) is 4.40. The molecule has 0 amide bonds. The van der Waals surface area contributed by atoms with Crippen LogP contribution in [0.25, 0.3) is 0 Å². The normalized spacial score (nSPS) is 29.1. The Kier molecular flexibility index (Phi) is 4.27. The Hall–Kier alpha value is -0.210. The standard InChI is InChI=1S/C11H19F3/c1-2-3-4-9-5-7-10(8-6-9)11(12,13)14/h9-10H,2-8H2,1H3. The number of hydrogen-bond acceptors (Lipinski definition) is 0. The summed E-state index contributed by atoms with van der Waals surface area (Å²) in [6.45, 7) is 2.13. The summed E-state index contributed by atoms with van der Waals surface area (Å²) in [5.41, 5.74) is 0. The van der Waals surface area contributed by atoms with E-state index in [0.29, 0.717) is 18.8 Å². The maximum atomic E-state index is 12.3. The summed E-state index contributed by atoms with van der Waals surface area (Å²) in [4.78, 5) is 0. The summed E-state index contributed by atoms with van der Waals surface area (Å²) in [7, 11) is 0. The van der Waals surface area contributed by atoms with Crippen LogP contribution in [0.4, 0.5) is 13.2 Å². The van der Waals surface area contributed by atoms with E-state index in [0.717, 1.165) is 25.7 Å². The van der Waals surface area contributed by atoms with E-state index < -0.39 is 12.1 Å². The average molecular weight is 208 g/mol. The summed E-state index contributed by atoms with van der Waals surface area (Å²) in [6.07, 6.45) is 1.78. The van der Waals surface area contributed by atoms with Crippen LogP contribution < -0.4 is 0 Å². The summed E-state index contributed by atoms with van der Waals surface area (Å²) in [5, 5.41) is 0. The molecular weight excluding hydrogens is 189 g/mol. The second kappa shape index (κ2) is 5.04. The molecule has 14 heavy (non-hydrogen) atoms. The van der Waals surface area contributed by atoms with E-state index in [-0.39, 0.29) is 0 Å². The van der Waals surface area contributed by atoms with Gasteiger partial charge in [-0.3, -0.25) is 0 Å². The molecule has 0 aromatic rings. The Morgan fingerprint density at radius 3 is 2.07 bits per heavy atom. The SMILES string of the molecule is CCCCC1CCC(C(F)(F)F)CC1. The molecule has 0 heterocycles. The van der Waals surface area contributed by atoms with E-state index in [1.165, 1.54) is 6.42 Å². The molecule has 1 fully saturated rings. The Bertz CT molecular complexity index is 154. The molecule has 3 heteroatoms. The molecule has 1 aliphatic carbocycles. The number of alkyl halides is 3. The van der Waals surface area contributed by atoms with Crippen molar-refractivity contribution in [2.75, 3.05) is 0 Å². The van der Waals surface area contributed by atoms with Crippen LogP contribution in [-0.2, 0) is 0 Å². The molecule has 1 rings (SSSR count). The zero-order valence-corrected chi connectivity index (χ0v) is 8.74. The molecule has 0 bridgehead atoms. The van der Waals surface area contributed by atoms with Gasteiger partial charge in [0.25, 0.3) is 0 Å². The highest BCUT2D eigenvalue weighted by molar-refractivity contribution is 4.76. The van der Waals surface area contributed by atoms with Crippen LogP contribution in [0.15, 0.2) is 0 Å². The van der Waals surface area contributed by atoms with Crippen LogP contribution >= 0.6 is 0 Å². The molecule has 0 N–H and O–H groups in total. The van der Waals surface area contributed by atoms with Gasteiger partial charge in [-0.25, -0.2) is 0 Å². The first-order valence-corrected chi connectivity index (χ1v) is 5.60. The van der Waals surface area contributed by atoms with E-state index >= 15 is 0 Å². The first-order chi connectivity index (χ1) is 6.54. The predicted octanol–water partition coefficient (Wildman–Crippen LogP) is 4.55. The van der Waals surface area contributed by atoms with Crippen molar-refractivity contribution in [3.05, 3.63) is 0 Å². The Morgan fingerprint density at radius 1 is 1.07 bits per heavy atom. The monoisotopic (exact) mass is 208 g/mol. The lowest BCUT2D eigenvalue weighted by Gasteiger charge is -2.29. The highest BCUT2D eigenvalue weighted by Crippen LogP contribution is 2.40. The van der Waals surface area contributed by atoms with Crippen molar-refractivity contribution in [3.63, 3.8) is 0 Å². The molecule has 0 spiro atoms. The maximum absolute atomic E-state index is 12.3. The van der Waals surface area contributed by atoms with E-state index in [1.54, 1.807) is 0 Å². The van der Waals surface area contributed by atoms with Crippen LogP contribution in [0.5, 0.6) is 0 Å². The molecule has 0 radical (unpaired) electrons. The summed E-state index contributed by atoms with van der Waals surface area (Å²) in [6, 6.07) is 0. The Labute approximate surface area is 83.9 Å². The largest absolute Gasteiger partial charge is 0.391 e. The molecular formula is C11H19F3. The van der Waals surface area contributed by atoms with Crippen LogP contribution in [0.2, 0.25) is 0 Å². The third-order valence-corrected chi connectivity index (χ3v) is 3.28. The molecule has 1 saturated carbocycles. The molecule has 0 aliphatic heterocycles. The zero-order chi connectivity index (χ0) is 10.6. The van der Waals surface area contributed by atoms with Crippen LogP contribution in [0, 0.1) is 11.8 Å². The fourth-order valence-corrected chi connectivity index (χ4v) is 2.27. The van der Waals surface area contributed by atoms with Gasteiger partial charge in [0.05, 0.1) is 5.92 Å². The molecule has 0 saturated heterocycles. The van der Waals surface area contributed by atoms with E-state index in [1.807, 2.05) is 0 Å². The van der Waals surface area contributed by atoms with Crippen molar-refractivity contribution in [3.8, 4) is 0 Å². The minimum absolute atomic E-state index is 0.359. The van der Waals surface area contributed by atoms with Crippen molar-refractivity contribution in [2.45, 2.75) is 58.0 Å². The summed E-state index contributed by atoms with van der Waals surface area (Å²) >= 11 is 0. The molecule has 0 aromatic carbocycles. The fraction of sp³-hybridized carbons (Fsp3) is 1.00. The Balaban J connectivity index is 2.24. The van der Waals surface area contributed by atoms with Gasteiger partial charge in [-0.05, 0) is 31.6 Å². The lowest BCUT2D eigenvalue weighted by atomic mass is 9.79. The van der Waals surface area contributed by atoms with E-state index in [2.05, 4.69) is 6.92 Å². The quantitative estimate of drug-likeness (QED) is 0.638. The van der Waals surface area contributed by atoms with Crippen molar-refractivity contribution >= 4 is 0 Å². The van der Waals surface area contributed by atoms with Gasteiger partial charge in [-0.1, -0.05) is 26.2 Å². The fourth-order valence-electron chi connectivity index (χ4n) is 2.27. The highest BCUT2D eigenvalue weighted by atomic mass is 19.4. The van der Waals surface area contributed by atoms with Crippen LogP contribution in [0.3, 0.4) is 0 Å². The molecule has 0 unspecified atom stereocenters. The number of unbranched alkanes of at least 4 members (excludes halogenated alkanes) is 1. The number of halogens is 3. The lowest BCUT2D eigenvalue weighted by Crippen LogP contribution is -2.27. The van der Waals surface area contributed by atoms with Gasteiger partial charge in [0.2, 0.25) is 0 Å². The molecule has 84 valence electrons. The van der Waals surface area contributed by atoms with Gasteiger partial charge in [0.1, 0.15) is 0 Å². The maximum Gasteiger partial charge on any atom is 0.391 e. The van der Waals surface area contributed by atoms with Gasteiger partial charge in [-0.15, -0.1) is 0 Å². The molecule has 0 nitrogen and oxygen atoms in total. The van der Waals surface area contributed by atoms with E-state index in [4.69, 9.17) is 0 Å². The minimum Gasteiger partial charge on any atom is -0.171 e. The van der Waals surface area contributed by atoms with Crippen molar-refractivity contribution < 1.29 is 13.2 Å². The van der Waals surface area contributed by atoms with Crippen LogP contribution in [-0.4, -0.2) is 6.18 Å². The summed E-state index contributed by atoms with van der Waals surface area (Å²) in [5.74, 6) is -0.450. The second-order valence-electron chi connectivity index (χ2n) is 4.40. The van der Waals surface area contributed by atoms with Gasteiger partial charge >= 0.3 is 6.18 Å². The van der Waals surface area contributed by atoms with Gasteiger partial charge in [0.15, 0.2) is 0 Å². The van der Waals surface area contributed by atoms with E-state index in [9.17, 15) is 13.2 Å². The lowest BCUT2D eigenvalue weighted by molar-refractivity contribution is -0.184. The van der Waals surface area contributed by atoms with Gasteiger partial charge < -0.3 is 0 Å². The number of rotatable bonds is 3. The smallest absolute Gasteiger partial charge is 0.171 e. The predicted molar refractivity (Wildman–Crippen MR) is 51.0 cm³/mol. The molecule has 0 atom stereocenters. The zero-order valence-electron chi connectivity index (χ0n) is 8.74. The topological polar surface area (TPSA) is 0 Å².